The first-order valence-electron chi connectivity index (χ1n) is 2.98. The molecule has 1 aromatic carbocycles. The van der Waals surface area contributed by atoms with Crippen LogP contribution in [0.2, 0.25) is 0 Å². The second kappa shape index (κ2) is 3.30. The van der Waals surface area contributed by atoms with Gasteiger partial charge in [-0.25, -0.2) is 8.78 Å². The lowest BCUT2D eigenvalue weighted by atomic mass is 10.3. The first-order chi connectivity index (χ1) is 5.82. The quantitative estimate of drug-likeness (QED) is 0.695. The second-order valence-electron chi connectivity index (χ2n) is 2.21. The van der Waals surface area contributed by atoms with Crippen LogP contribution in [0.25, 0.3) is 0 Å². The van der Waals surface area contributed by atoms with E-state index in [1.54, 1.807) is 0 Å². The van der Waals surface area contributed by atoms with E-state index in [1.165, 1.54) is 0 Å². The van der Waals surface area contributed by atoms with Crippen LogP contribution < -0.4 is 0 Å². The minimum atomic E-state index is -3.84. The van der Waals surface area contributed by atoms with Crippen LogP contribution >= 0.6 is 20.5 Å². The van der Waals surface area contributed by atoms with Gasteiger partial charge in [0.05, 0.1) is 0 Å². The molecule has 3 N–H and O–H groups in total. The Labute approximate surface area is 78.4 Å². The van der Waals surface area contributed by atoms with Crippen LogP contribution in [0.5, 0.6) is 5.75 Å². The minimum absolute atomic E-state index is 0.404. The molecule has 0 aliphatic rings. The van der Waals surface area contributed by atoms with Crippen LogP contribution in [0.4, 0.5) is 8.78 Å². The van der Waals surface area contributed by atoms with E-state index in [0.29, 0.717) is 12.1 Å². The average Bonchev–Trinajstić information content (AvgIpc) is 1.94. The average molecular weight is 231 g/mol. The van der Waals surface area contributed by atoms with Crippen molar-refractivity contribution in [3.05, 3.63) is 23.8 Å². The molecule has 7 heteroatoms. The first kappa shape index (κ1) is 10.5. The third-order valence-electron chi connectivity index (χ3n) is 1.27. The van der Waals surface area contributed by atoms with Gasteiger partial charge in [-0.05, 0) is 0 Å². The first-order valence-corrected chi connectivity index (χ1v) is 5.35. The van der Waals surface area contributed by atoms with Crippen LogP contribution in [0.1, 0.15) is 0 Å². The van der Waals surface area contributed by atoms with Crippen LogP contribution in [0.3, 0.4) is 0 Å². The summed E-state index contributed by atoms with van der Waals surface area (Å²) in [5.41, 5.74) is 0. The van der Waals surface area contributed by atoms with Crippen molar-refractivity contribution in [1.29, 1.82) is 0 Å². The highest BCUT2D eigenvalue weighted by Gasteiger charge is 2.21. The van der Waals surface area contributed by atoms with Crippen molar-refractivity contribution in [2.75, 3.05) is 0 Å². The molecule has 0 aliphatic carbocycles. The van der Waals surface area contributed by atoms with Gasteiger partial charge in [0.1, 0.15) is 10.7 Å². The zero-order valence-corrected chi connectivity index (χ0v) is 7.61. The van der Waals surface area contributed by atoms with E-state index in [-0.39, 0.29) is 0 Å². The maximum absolute atomic E-state index is 12.6. The Morgan fingerprint density at radius 1 is 1.23 bits per heavy atom. The molecule has 13 heavy (non-hydrogen) atoms. The standard InChI is InChI=1S/C6H5ClF2O3S/c7-13(11,12)5-2-3(8)1-4(9)6(5)10/h1-2,10-12H. The molecule has 0 fully saturated rings. The Morgan fingerprint density at radius 2 is 1.77 bits per heavy atom. The van der Waals surface area contributed by atoms with Crippen molar-refractivity contribution in [3.8, 4) is 5.75 Å². The second-order valence-corrected chi connectivity index (χ2v) is 4.90. The fraction of sp³-hybridized carbons (Fsp3) is 0. The summed E-state index contributed by atoms with van der Waals surface area (Å²) in [7, 11) is 1.17. The lowest BCUT2D eigenvalue weighted by Gasteiger charge is -2.23. The minimum Gasteiger partial charge on any atom is -0.503 e. The van der Waals surface area contributed by atoms with Gasteiger partial charge in [0.25, 0.3) is 0 Å². The zero-order chi connectivity index (χ0) is 10.2. The van der Waals surface area contributed by atoms with E-state index >= 15 is 0 Å². The predicted molar refractivity (Wildman–Crippen MR) is 45.0 cm³/mol. The van der Waals surface area contributed by atoms with Gasteiger partial charge in [0.2, 0.25) is 0 Å². The van der Waals surface area contributed by atoms with Crippen LogP contribution in [0.15, 0.2) is 17.0 Å². The van der Waals surface area contributed by atoms with E-state index in [9.17, 15) is 8.78 Å². The lowest BCUT2D eigenvalue weighted by Crippen LogP contribution is -1.93. The topological polar surface area (TPSA) is 60.7 Å². The number of hydrogen-bond donors (Lipinski definition) is 3. The van der Waals surface area contributed by atoms with Crippen LogP contribution in [-0.2, 0) is 0 Å². The number of benzene rings is 1. The number of aromatic hydroxyl groups is 1. The molecule has 0 saturated heterocycles. The maximum Gasteiger partial charge on any atom is 0.176 e. The summed E-state index contributed by atoms with van der Waals surface area (Å²) < 4.78 is 42.8. The van der Waals surface area contributed by atoms with Gasteiger partial charge in [0.15, 0.2) is 11.6 Å². The van der Waals surface area contributed by atoms with Gasteiger partial charge in [-0.1, -0.05) is 9.80 Å². The maximum atomic E-state index is 12.6. The number of phenols is 1. The van der Waals surface area contributed by atoms with Gasteiger partial charge < -0.3 is 5.11 Å². The summed E-state index contributed by atoms with van der Waals surface area (Å²) in [6.45, 7) is 0. The molecular weight excluding hydrogens is 226 g/mol. The fourth-order valence-electron chi connectivity index (χ4n) is 0.740. The molecule has 0 spiro atoms. The van der Waals surface area contributed by atoms with Crippen molar-refractivity contribution < 1.29 is 23.0 Å². The van der Waals surface area contributed by atoms with Crippen molar-refractivity contribution in [1.82, 2.24) is 0 Å². The normalized spacial score (nSPS) is 13.0. The molecule has 3 nitrogen and oxygen atoms in total. The molecule has 1 rings (SSSR count). The monoisotopic (exact) mass is 230 g/mol. The van der Waals surface area contributed by atoms with Gasteiger partial charge in [-0.2, -0.15) is 0 Å². The molecule has 0 radical (unpaired) electrons. The third kappa shape index (κ3) is 2.22. The van der Waals surface area contributed by atoms with E-state index < -0.39 is 32.1 Å². The van der Waals surface area contributed by atoms with Crippen LogP contribution in [0, 0.1) is 11.6 Å². The molecule has 1 aromatic rings. The zero-order valence-electron chi connectivity index (χ0n) is 6.04. The summed E-state index contributed by atoms with van der Waals surface area (Å²) in [4.78, 5) is -0.758. The Morgan fingerprint density at radius 3 is 2.23 bits per heavy atom. The molecule has 0 unspecified atom stereocenters. The summed E-state index contributed by atoms with van der Waals surface area (Å²) >= 11 is 0. The number of phenolic OH excluding ortho intramolecular Hbond substituents is 1. The summed E-state index contributed by atoms with van der Waals surface area (Å²) in [5.74, 6) is -3.40. The Balaban J connectivity index is 3.37. The predicted octanol–water partition coefficient (Wildman–Crippen LogP) is 2.93. The highest BCUT2D eigenvalue weighted by molar-refractivity contribution is 8.43. The van der Waals surface area contributed by atoms with Crippen molar-refractivity contribution in [2.45, 2.75) is 4.90 Å². The molecular formula is C6H5ClF2O3S. The van der Waals surface area contributed by atoms with Crippen molar-refractivity contribution in [3.63, 3.8) is 0 Å². The van der Waals surface area contributed by atoms with E-state index in [4.69, 9.17) is 24.9 Å². The van der Waals surface area contributed by atoms with E-state index in [2.05, 4.69) is 0 Å². The third-order valence-corrected chi connectivity index (χ3v) is 2.64. The molecule has 0 aromatic heterocycles. The lowest BCUT2D eigenvalue weighted by molar-refractivity contribution is 0.406. The molecule has 0 heterocycles. The Bertz CT molecular complexity index is 339. The van der Waals surface area contributed by atoms with Crippen molar-refractivity contribution >= 4 is 20.5 Å². The van der Waals surface area contributed by atoms with Gasteiger partial charge in [0, 0.05) is 22.8 Å². The van der Waals surface area contributed by atoms with Crippen molar-refractivity contribution in [2.24, 2.45) is 0 Å². The summed E-state index contributed by atoms with van der Waals surface area (Å²) in [5, 5.41) is 8.93. The molecule has 0 amide bonds. The van der Waals surface area contributed by atoms with Gasteiger partial charge in [-0.15, -0.1) is 0 Å². The highest BCUT2D eigenvalue weighted by Crippen LogP contribution is 2.56. The molecule has 0 saturated carbocycles. The Kier molecular flexibility index (Phi) is 2.67. The Hall–Kier alpha value is -0.560. The van der Waals surface area contributed by atoms with Gasteiger partial charge >= 0.3 is 0 Å². The SMILES string of the molecule is Oc1c(F)cc(F)cc1S(O)(O)Cl. The van der Waals surface area contributed by atoms with Crippen LogP contribution in [-0.4, -0.2) is 14.2 Å². The molecule has 0 atom stereocenters. The van der Waals surface area contributed by atoms with E-state index in [0.717, 1.165) is 0 Å². The summed E-state index contributed by atoms with van der Waals surface area (Å²) in [6.07, 6.45) is 0. The molecule has 0 bridgehead atoms. The van der Waals surface area contributed by atoms with E-state index in [1.807, 2.05) is 0 Å². The smallest absolute Gasteiger partial charge is 0.176 e. The van der Waals surface area contributed by atoms with Gasteiger partial charge in [-0.3, -0.25) is 9.11 Å². The number of hydrogen-bond acceptors (Lipinski definition) is 3. The number of rotatable bonds is 1. The number of halogens is 3. The largest absolute Gasteiger partial charge is 0.503 e. The summed E-state index contributed by atoms with van der Waals surface area (Å²) in [6, 6.07) is 0.960. The fourth-order valence-corrected chi connectivity index (χ4v) is 1.70. The highest BCUT2D eigenvalue weighted by atomic mass is 35.7. The molecule has 74 valence electrons. The molecule has 0 aliphatic heterocycles.